The van der Waals surface area contributed by atoms with E-state index in [1.807, 2.05) is 28.0 Å². The van der Waals surface area contributed by atoms with Crippen molar-refractivity contribution < 1.29 is 14.3 Å². The highest BCUT2D eigenvalue weighted by molar-refractivity contribution is 5.94. The highest BCUT2D eigenvalue weighted by Crippen LogP contribution is 2.17. The van der Waals surface area contributed by atoms with Gasteiger partial charge in [0, 0.05) is 51.3 Å². The predicted octanol–water partition coefficient (Wildman–Crippen LogP) is 2.10. The summed E-state index contributed by atoms with van der Waals surface area (Å²) in [5, 5.41) is 0. The number of methoxy groups -OCH3 is 1. The Morgan fingerprint density at radius 1 is 1.11 bits per heavy atom. The lowest BCUT2D eigenvalue weighted by Gasteiger charge is -2.36. The molecule has 2 saturated heterocycles. The van der Waals surface area contributed by atoms with E-state index in [-0.39, 0.29) is 11.8 Å². The number of hydrogen-bond donors (Lipinski definition) is 0. The molecule has 27 heavy (non-hydrogen) atoms. The Labute approximate surface area is 162 Å². The first-order chi connectivity index (χ1) is 13.1. The average molecular weight is 373 g/mol. The van der Waals surface area contributed by atoms with E-state index in [0.717, 1.165) is 25.6 Å². The number of rotatable bonds is 5. The molecular formula is C21H31N3O3. The van der Waals surface area contributed by atoms with Crippen LogP contribution in [0.3, 0.4) is 0 Å². The number of benzene rings is 1. The third-order valence-corrected chi connectivity index (χ3v) is 5.62. The molecule has 0 radical (unpaired) electrons. The van der Waals surface area contributed by atoms with Gasteiger partial charge in [-0.2, -0.15) is 0 Å². The lowest BCUT2D eigenvalue weighted by Crippen LogP contribution is -2.51. The monoisotopic (exact) mass is 373 g/mol. The summed E-state index contributed by atoms with van der Waals surface area (Å²) in [4.78, 5) is 31.3. The number of carbonyl (C=O) groups excluding carboxylic acids is 2. The molecule has 0 bridgehead atoms. The molecule has 6 nitrogen and oxygen atoms in total. The zero-order valence-corrected chi connectivity index (χ0v) is 16.5. The minimum atomic E-state index is 0.00306. The Balaban J connectivity index is 1.45. The maximum absolute atomic E-state index is 12.7. The number of carbonyl (C=O) groups is 2. The molecule has 3 rings (SSSR count). The average Bonchev–Trinajstić information content (AvgIpc) is 2.71. The van der Waals surface area contributed by atoms with E-state index in [9.17, 15) is 9.59 Å². The smallest absolute Gasteiger partial charge is 0.254 e. The first-order valence-corrected chi connectivity index (χ1v) is 10.0. The molecule has 2 fully saturated rings. The van der Waals surface area contributed by atoms with Crippen molar-refractivity contribution in [1.29, 1.82) is 0 Å². The van der Waals surface area contributed by atoms with Gasteiger partial charge in [-0.3, -0.25) is 9.59 Å². The van der Waals surface area contributed by atoms with Gasteiger partial charge in [-0.15, -0.1) is 0 Å². The second kappa shape index (κ2) is 9.22. The van der Waals surface area contributed by atoms with Crippen LogP contribution in [0.25, 0.3) is 0 Å². The van der Waals surface area contributed by atoms with Gasteiger partial charge in [-0.1, -0.05) is 13.0 Å². The van der Waals surface area contributed by atoms with Crippen LogP contribution < -0.4 is 4.74 Å². The van der Waals surface area contributed by atoms with Gasteiger partial charge >= 0.3 is 0 Å². The van der Waals surface area contributed by atoms with Crippen molar-refractivity contribution in [3.8, 4) is 5.75 Å². The fourth-order valence-corrected chi connectivity index (χ4v) is 4.00. The molecule has 0 unspecified atom stereocenters. The van der Waals surface area contributed by atoms with Gasteiger partial charge in [0.05, 0.1) is 7.11 Å². The van der Waals surface area contributed by atoms with E-state index in [4.69, 9.17) is 4.74 Å². The summed E-state index contributed by atoms with van der Waals surface area (Å²) >= 11 is 0. The molecule has 2 amide bonds. The Morgan fingerprint density at radius 3 is 2.56 bits per heavy atom. The van der Waals surface area contributed by atoms with Crippen molar-refractivity contribution in [3.05, 3.63) is 29.8 Å². The number of likely N-dealkylation sites (tertiary alicyclic amines) is 1. The van der Waals surface area contributed by atoms with Crippen molar-refractivity contribution in [2.24, 2.45) is 5.92 Å². The van der Waals surface area contributed by atoms with E-state index in [2.05, 4.69) is 11.8 Å². The molecule has 1 atom stereocenters. The molecule has 2 aliphatic heterocycles. The molecule has 0 saturated carbocycles. The Bertz CT molecular complexity index is 656. The van der Waals surface area contributed by atoms with Crippen LogP contribution in [0.2, 0.25) is 0 Å². The normalized spacial score (nSPS) is 21.2. The summed E-state index contributed by atoms with van der Waals surface area (Å²) < 4.78 is 5.20. The van der Waals surface area contributed by atoms with Crippen molar-refractivity contribution in [2.75, 3.05) is 52.9 Å². The van der Waals surface area contributed by atoms with Gasteiger partial charge in [0.1, 0.15) is 5.75 Å². The SMILES string of the molecule is COc1cccc(C(=O)N2CCN(C(=O)CCN3CCC[C@H](C)C3)CC2)c1. The highest BCUT2D eigenvalue weighted by atomic mass is 16.5. The van der Waals surface area contributed by atoms with Gasteiger partial charge < -0.3 is 19.4 Å². The van der Waals surface area contributed by atoms with Crippen LogP contribution in [-0.2, 0) is 4.79 Å². The van der Waals surface area contributed by atoms with Crippen molar-refractivity contribution in [3.63, 3.8) is 0 Å². The minimum Gasteiger partial charge on any atom is -0.497 e. The van der Waals surface area contributed by atoms with Gasteiger partial charge in [0.25, 0.3) is 5.91 Å². The Kier molecular flexibility index (Phi) is 6.72. The molecule has 1 aromatic rings. The second-order valence-corrected chi connectivity index (χ2v) is 7.70. The van der Waals surface area contributed by atoms with Crippen LogP contribution in [0.15, 0.2) is 24.3 Å². The zero-order valence-electron chi connectivity index (χ0n) is 16.5. The summed E-state index contributed by atoms with van der Waals surface area (Å²) in [6.45, 7) is 7.76. The summed E-state index contributed by atoms with van der Waals surface area (Å²) in [5.74, 6) is 1.63. The van der Waals surface area contributed by atoms with Crippen LogP contribution >= 0.6 is 0 Å². The molecule has 0 aromatic heterocycles. The summed E-state index contributed by atoms with van der Waals surface area (Å²) in [6, 6.07) is 7.23. The van der Waals surface area contributed by atoms with Crippen LogP contribution in [-0.4, -0.2) is 79.4 Å². The number of piperidine rings is 1. The van der Waals surface area contributed by atoms with Crippen LogP contribution in [0, 0.1) is 5.92 Å². The van der Waals surface area contributed by atoms with E-state index < -0.39 is 0 Å². The quantitative estimate of drug-likeness (QED) is 0.793. The van der Waals surface area contributed by atoms with Gasteiger partial charge in [0.2, 0.25) is 5.91 Å². The number of amides is 2. The van der Waals surface area contributed by atoms with E-state index in [0.29, 0.717) is 43.9 Å². The fourth-order valence-electron chi connectivity index (χ4n) is 4.00. The highest BCUT2D eigenvalue weighted by Gasteiger charge is 2.25. The van der Waals surface area contributed by atoms with Crippen molar-refractivity contribution in [2.45, 2.75) is 26.2 Å². The summed E-state index contributed by atoms with van der Waals surface area (Å²) in [6.07, 6.45) is 3.12. The lowest BCUT2D eigenvalue weighted by atomic mass is 10.0. The second-order valence-electron chi connectivity index (χ2n) is 7.70. The molecule has 0 spiro atoms. The van der Waals surface area contributed by atoms with E-state index >= 15 is 0 Å². The van der Waals surface area contributed by atoms with Crippen LogP contribution in [0.5, 0.6) is 5.75 Å². The number of hydrogen-bond acceptors (Lipinski definition) is 4. The summed E-state index contributed by atoms with van der Waals surface area (Å²) in [7, 11) is 1.60. The molecule has 148 valence electrons. The third-order valence-electron chi connectivity index (χ3n) is 5.62. The van der Waals surface area contributed by atoms with Crippen molar-refractivity contribution >= 4 is 11.8 Å². The third kappa shape index (κ3) is 5.22. The van der Waals surface area contributed by atoms with Gasteiger partial charge in [-0.25, -0.2) is 0 Å². The number of piperazine rings is 1. The molecule has 2 aliphatic rings. The number of nitrogens with zero attached hydrogens (tertiary/aromatic N) is 3. The summed E-state index contributed by atoms with van der Waals surface area (Å²) in [5.41, 5.74) is 0.633. The van der Waals surface area contributed by atoms with E-state index in [1.54, 1.807) is 13.2 Å². The lowest BCUT2D eigenvalue weighted by molar-refractivity contribution is -0.133. The van der Waals surface area contributed by atoms with E-state index in [1.165, 1.54) is 12.8 Å². The van der Waals surface area contributed by atoms with Crippen molar-refractivity contribution in [1.82, 2.24) is 14.7 Å². The first kappa shape index (κ1) is 19.7. The Morgan fingerprint density at radius 2 is 1.85 bits per heavy atom. The fraction of sp³-hybridized carbons (Fsp3) is 0.619. The van der Waals surface area contributed by atoms with Gasteiger partial charge in [-0.05, 0) is 43.5 Å². The van der Waals surface area contributed by atoms with Crippen LogP contribution in [0.1, 0.15) is 36.5 Å². The molecule has 1 aromatic carbocycles. The molecule has 6 heteroatoms. The zero-order chi connectivity index (χ0) is 19.2. The molecular weight excluding hydrogens is 342 g/mol. The largest absolute Gasteiger partial charge is 0.497 e. The first-order valence-electron chi connectivity index (χ1n) is 10.0. The number of ether oxygens (including phenoxy) is 1. The van der Waals surface area contributed by atoms with Gasteiger partial charge in [0.15, 0.2) is 0 Å². The molecule has 0 aliphatic carbocycles. The minimum absolute atomic E-state index is 0.00306. The topological polar surface area (TPSA) is 53.1 Å². The predicted molar refractivity (Wildman–Crippen MR) is 105 cm³/mol. The maximum atomic E-state index is 12.7. The van der Waals surface area contributed by atoms with Crippen LogP contribution in [0.4, 0.5) is 0 Å². The standard InChI is InChI=1S/C21H31N3O3/c1-17-5-4-9-22(16-17)10-8-20(25)23-11-13-24(14-12-23)21(26)18-6-3-7-19(15-18)27-2/h3,6-7,15,17H,4-5,8-14,16H2,1-2H3/t17-/m0/s1. The molecule has 0 N–H and O–H groups in total. The molecule has 2 heterocycles. The Hall–Kier alpha value is -2.08. The maximum Gasteiger partial charge on any atom is 0.254 e.